The summed E-state index contributed by atoms with van der Waals surface area (Å²) < 4.78 is 6.10. The molecule has 0 radical (unpaired) electrons. The predicted octanol–water partition coefficient (Wildman–Crippen LogP) is 3.47. The van der Waals surface area contributed by atoms with Crippen LogP contribution in [0.4, 0.5) is 0 Å². The minimum absolute atomic E-state index is 0.222. The standard InChI is InChI=1S/C18H21NO2/c1-16(2,11-19)14-3-5-15(6-4-14)18-9-7-17(12-20,8-10-18)13-21-18/h3-6,12H,7-10,13H2,1-2H3. The van der Waals surface area contributed by atoms with Crippen LogP contribution in [0.2, 0.25) is 0 Å². The Morgan fingerprint density at radius 3 is 2.24 bits per heavy atom. The molecule has 3 heteroatoms. The van der Waals surface area contributed by atoms with Crippen molar-refractivity contribution in [1.82, 2.24) is 0 Å². The van der Waals surface area contributed by atoms with E-state index in [9.17, 15) is 10.1 Å². The molecule has 0 N–H and O–H groups in total. The second kappa shape index (κ2) is 4.68. The average molecular weight is 283 g/mol. The van der Waals surface area contributed by atoms with Gasteiger partial charge < -0.3 is 9.53 Å². The van der Waals surface area contributed by atoms with Crippen LogP contribution in [-0.4, -0.2) is 12.9 Å². The lowest BCUT2D eigenvalue weighted by atomic mass is 9.65. The molecule has 2 aliphatic heterocycles. The molecular formula is C18H21NO2. The second-order valence-corrected chi connectivity index (χ2v) is 7.08. The van der Waals surface area contributed by atoms with Gasteiger partial charge in [-0.15, -0.1) is 0 Å². The van der Waals surface area contributed by atoms with Crippen molar-refractivity contribution in [2.24, 2.45) is 5.41 Å². The summed E-state index contributed by atoms with van der Waals surface area (Å²) in [6.07, 6.45) is 4.75. The fourth-order valence-electron chi connectivity index (χ4n) is 3.50. The van der Waals surface area contributed by atoms with Gasteiger partial charge in [-0.1, -0.05) is 24.3 Å². The monoisotopic (exact) mass is 283 g/mol. The Morgan fingerprint density at radius 2 is 1.81 bits per heavy atom. The first-order valence-electron chi connectivity index (χ1n) is 7.58. The lowest BCUT2D eigenvalue weighted by molar-refractivity contribution is -0.186. The molecule has 1 aliphatic carbocycles. The number of hydrogen-bond acceptors (Lipinski definition) is 3. The van der Waals surface area contributed by atoms with Crippen LogP contribution in [0.3, 0.4) is 0 Å². The van der Waals surface area contributed by atoms with Gasteiger partial charge in [0.25, 0.3) is 0 Å². The molecule has 110 valence electrons. The highest BCUT2D eigenvalue weighted by Crippen LogP contribution is 2.52. The first-order valence-corrected chi connectivity index (χ1v) is 7.58. The van der Waals surface area contributed by atoms with E-state index in [0.29, 0.717) is 6.61 Å². The van der Waals surface area contributed by atoms with Crippen LogP contribution in [-0.2, 0) is 20.5 Å². The Hall–Kier alpha value is -1.66. The molecule has 1 aromatic carbocycles. The number of carbonyl (C=O) groups excluding carboxylic acids is 1. The number of hydrogen-bond donors (Lipinski definition) is 0. The summed E-state index contributed by atoms with van der Waals surface area (Å²) in [6, 6.07) is 10.6. The summed E-state index contributed by atoms with van der Waals surface area (Å²) in [5.41, 5.74) is 1.28. The second-order valence-electron chi connectivity index (χ2n) is 7.08. The lowest BCUT2D eigenvalue weighted by Gasteiger charge is -2.51. The molecule has 3 aliphatic rings. The van der Waals surface area contributed by atoms with E-state index in [1.54, 1.807) is 0 Å². The predicted molar refractivity (Wildman–Crippen MR) is 79.7 cm³/mol. The SMILES string of the molecule is CC(C)(C#N)c1ccc(C23CCC(C=O)(CC2)CO3)cc1. The van der Waals surface area contributed by atoms with Gasteiger partial charge >= 0.3 is 0 Å². The summed E-state index contributed by atoms with van der Waals surface area (Å²) in [7, 11) is 0. The first kappa shape index (κ1) is 14.3. The summed E-state index contributed by atoms with van der Waals surface area (Å²) in [6.45, 7) is 4.40. The largest absolute Gasteiger partial charge is 0.369 e. The van der Waals surface area contributed by atoms with Crippen LogP contribution in [0.25, 0.3) is 0 Å². The molecule has 3 nitrogen and oxygen atoms in total. The number of nitriles is 1. The Morgan fingerprint density at radius 1 is 1.19 bits per heavy atom. The van der Waals surface area contributed by atoms with Gasteiger partial charge in [0.05, 0.1) is 23.7 Å². The molecule has 21 heavy (non-hydrogen) atoms. The van der Waals surface area contributed by atoms with Gasteiger partial charge in [-0.3, -0.25) is 0 Å². The average Bonchev–Trinajstić information content (AvgIpc) is 2.56. The van der Waals surface area contributed by atoms with Gasteiger partial charge in [-0.05, 0) is 50.7 Å². The molecule has 2 heterocycles. The maximum atomic E-state index is 11.3. The highest BCUT2D eigenvalue weighted by atomic mass is 16.5. The van der Waals surface area contributed by atoms with Crippen molar-refractivity contribution in [2.45, 2.75) is 50.5 Å². The maximum Gasteiger partial charge on any atom is 0.128 e. The summed E-state index contributed by atoms with van der Waals surface area (Å²) in [4.78, 5) is 11.3. The third kappa shape index (κ3) is 2.18. The minimum atomic E-state index is -0.469. The number of rotatable bonds is 3. The number of fused-ring (bicyclic) bond motifs is 3. The van der Waals surface area contributed by atoms with Crippen LogP contribution < -0.4 is 0 Å². The van der Waals surface area contributed by atoms with Crippen LogP contribution >= 0.6 is 0 Å². The van der Waals surface area contributed by atoms with Gasteiger partial charge in [0.1, 0.15) is 6.29 Å². The molecule has 4 rings (SSSR count). The Kier molecular flexibility index (Phi) is 3.18. The summed E-state index contributed by atoms with van der Waals surface area (Å²) in [5.74, 6) is 0. The van der Waals surface area contributed by atoms with Crippen molar-refractivity contribution in [3.63, 3.8) is 0 Å². The van der Waals surface area contributed by atoms with Gasteiger partial charge in [0.2, 0.25) is 0 Å². The van der Waals surface area contributed by atoms with E-state index in [-0.39, 0.29) is 11.0 Å². The van der Waals surface area contributed by atoms with E-state index in [2.05, 4.69) is 18.2 Å². The molecule has 0 amide bonds. The quantitative estimate of drug-likeness (QED) is 0.798. The lowest BCUT2D eigenvalue weighted by Crippen LogP contribution is -2.50. The number of aldehydes is 1. The van der Waals surface area contributed by atoms with Crippen molar-refractivity contribution in [3.8, 4) is 6.07 Å². The van der Waals surface area contributed by atoms with E-state index < -0.39 is 5.41 Å². The van der Waals surface area contributed by atoms with E-state index in [1.807, 2.05) is 26.0 Å². The van der Waals surface area contributed by atoms with Gasteiger partial charge in [0, 0.05) is 5.41 Å². The molecule has 0 unspecified atom stereocenters. The molecular weight excluding hydrogens is 262 g/mol. The molecule has 2 bridgehead atoms. The van der Waals surface area contributed by atoms with E-state index >= 15 is 0 Å². The fourth-order valence-corrected chi connectivity index (χ4v) is 3.50. The molecule has 0 spiro atoms. The van der Waals surface area contributed by atoms with Crippen molar-refractivity contribution < 1.29 is 9.53 Å². The van der Waals surface area contributed by atoms with Gasteiger partial charge in [-0.2, -0.15) is 5.26 Å². The summed E-state index contributed by atoms with van der Waals surface area (Å²) in [5, 5.41) is 9.22. The van der Waals surface area contributed by atoms with E-state index in [0.717, 1.165) is 37.5 Å². The van der Waals surface area contributed by atoms with Crippen molar-refractivity contribution >= 4 is 6.29 Å². The normalized spacial score (nSPS) is 31.7. The number of nitrogens with zero attached hydrogens (tertiary/aromatic N) is 1. The Labute approximate surface area is 125 Å². The molecule has 0 atom stereocenters. The van der Waals surface area contributed by atoms with Crippen molar-refractivity contribution in [1.29, 1.82) is 5.26 Å². The third-order valence-corrected chi connectivity index (χ3v) is 5.35. The molecule has 2 saturated heterocycles. The van der Waals surface area contributed by atoms with Crippen LogP contribution in [0.15, 0.2) is 24.3 Å². The highest BCUT2D eigenvalue weighted by molar-refractivity contribution is 5.60. The summed E-state index contributed by atoms with van der Waals surface area (Å²) >= 11 is 0. The smallest absolute Gasteiger partial charge is 0.128 e. The first-order chi connectivity index (χ1) is 9.95. The molecule has 3 fully saturated rings. The zero-order valence-electron chi connectivity index (χ0n) is 12.7. The van der Waals surface area contributed by atoms with Crippen molar-refractivity contribution in [3.05, 3.63) is 35.4 Å². The zero-order chi connectivity index (χ0) is 15.1. The minimum Gasteiger partial charge on any atom is -0.369 e. The zero-order valence-corrected chi connectivity index (χ0v) is 12.7. The van der Waals surface area contributed by atoms with E-state index in [4.69, 9.17) is 4.74 Å². The topological polar surface area (TPSA) is 50.1 Å². The number of carbonyl (C=O) groups is 1. The Bertz CT molecular complexity index is 570. The van der Waals surface area contributed by atoms with Crippen molar-refractivity contribution in [2.75, 3.05) is 6.61 Å². The van der Waals surface area contributed by atoms with Gasteiger partial charge in [-0.25, -0.2) is 0 Å². The molecule has 0 aromatic heterocycles. The fraction of sp³-hybridized carbons (Fsp3) is 0.556. The number of ether oxygens (including phenoxy) is 1. The molecule has 1 aromatic rings. The maximum absolute atomic E-state index is 11.3. The third-order valence-electron chi connectivity index (χ3n) is 5.35. The highest BCUT2D eigenvalue weighted by Gasteiger charge is 2.50. The van der Waals surface area contributed by atoms with Crippen LogP contribution in [0.1, 0.15) is 50.7 Å². The molecule has 1 saturated carbocycles. The number of benzene rings is 1. The van der Waals surface area contributed by atoms with Crippen LogP contribution in [0.5, 0.6) is 0 Å². The van der Waals surface area contributed by atoms with Crippen LogP contribution in [0, 0.1) is 16.7 Å². The van der Waals surface area contributed by atoms with Gasteiger partial charge in [0.15, 0.2) is 0 Å². The Balaban J connectivity index is 1.86. The van der Waals surface area contributed by atoms with E-state index in [1.165, 1.54) is 5.56 Å².